The molecule has 0 aromatic heterocycles. The summed E-state index contributed by atoms with van der Waals surface area (Å²) in [6.07, 6.45) is 2.59. The first-order valence-electron chi connectivity index (χ1n) is 5.37. The van der Waals surface area contributed by atoms with Crippen molar-refractivity contribution in [1.82, 2.24) is 5.43 Å². The van der Waals surface area contributed by atoms with Crippen molar-refractivity contribution in [2.75, 3.05) is 0 Å². The third-order valence-electron chi connectivity index (χ3n) is 2.11. The molecule has 0 heterocycles. The molecule has 16 heavy (non-hydrogen) atoms. The Morgan fingerprint density at radius 1 is 1.38 bits per heavy atom. The van der Waals surface area contributed by atoms with Crippen LogP contribution in [0.15, 0.2) is 35.4 Å². The van der Waals surface area contributed by atoms with Gasteiger partial charge in [-0.3, -0.25) is 0 Å². The zero-order valence-corrected chi connectivity index (χ0v) is 9.44. The van der Waals surface area contributed by atoms with Crippen molar-refractivity contribution < 1.29 is 4.79 Å². The summed E-state index contributed by atoms with van der Waals surface area (Å²) in [6.45, 7) is 2.07. The molecule has 0 bridgehead atoms. The van der Waals surface area contributed by atoms with Gasteiger partial charge < -0.3 is 5.73 Å². The Morgan fingerprint density at radius 3 is 2.62 bits per heavy atom. The van der Waals surface area contributed by atoms with Crippen LogP contribution in [0.5, 0.6) is 0 Å². The smallest absolute Gasteiger partial charge is 0.332 e. The van der Waals surface area contributed by atoms with E-state index in [1.807, 2.05) is 30.3 Å². The average Bonchev–Trinajstić information content (AvgIpc) is 2.27. The third-order valence-corrected chi connectivity index (χ3v) is 2.11. The largest absolute Gasteiger partial charge is 0.350 e. The Morgan fingerprint density at radius 2 is 2.06 bits per heavy atom. The van der Waals surface area contributed by atoms with Crippen molar-refractivity contribution >= 4 is 11.7 Å². The summed E-state index contributed by atoms with van der Waals surface area (Å²) in [5.74, 6) is 0. The summed E-state index contributed by atoms with van der Waals surface area (Å²) < 4.78 is 0. The zero-order valence-electron chi connectivity index (χ0n) is 9.44. The van der Waals surface area contributed by atoms with Gasteiger partial charge in [-0.25, -0.2) is 10.2 Å². The van der Waals surface area contributed by atoms with E-state index < -0.39 is 6.03 Å². The first-order chi connectivity index (χ1) is 7.72. The molecule has 4 heteroatoms. The molecule has 0 aliphatic heterocycles. The van der Waals surface area contributed by atoms with Crippen LogP contribution in [0.3, 0.4) is 0 Å². The van der Waals surface area contributed by atoms with E-state index in [0.717, 1.165) is 25.0 Å². The van der Waals surface area contributed by atoms with Crippen molar-refractivity contribution in [2.45, 2.75) is 26.2 Å². The van der Waals surface area contributed by atoms with Crippen LogP contribution < -0.4 is 11.2 Å². The van der Waals surface area contributed by atoms with Gasteiger partial charge in [-0.2, -0.15) is 5.10 Å². The lowest BCUT2D eigenvalue weighted by molar-refractivity contribution is 0.249. The monoisotopic (exact) mass is 219 g/mol. The van der Waals surface area contributed by atoms with Crippen molar-refractivity contribution in [3.8, 4) is 0 Å². The van der Waals surface area contributed by atoms with Crippen LogP contribution in [-0.4, -0.2) is 11.7 Å². The standard InChI is InChI=1S/C12H17N3O/c1-2-6-11(14-15-12(13)16)9-10-7-4-3-5-8-10/h3-5,7-8H,2,6,9H2,1H3,(H3,13,15,16)/b14-11-. The molecule has 0 aliphatic rings. The Bertz CT molecular complexity index is 360. The summed E-state index contributed by atoms with van der Waals surface area (Å²) in [5, 5.41) is 4.00. The molecule has 0 saturated heterocycles. The lowest BCUT2D eigenvalue weighted by atomic mass is 10.1. The van der Waals surface area contributed by atoms with E-state index in [2.05, 4.69) is 17.5 Å². The molecule has 2 amide bonds. The number of amides is 2. The van der Waals surface area contributed by atoms with Gasteiger partial charge in [0.2, 0.25) is 0 Å². The Balaban J connectivity index is 2.64. The number of urea groups is 1. The van der Waals surface area contributed by atoms with Gasteiger partial charge >= 0.3 is 6.03 Å². The second kappa shape index (κ2) is 6.61. The minimum Gasteiger partial charge on any atom is -0.350 e. The number of hydrazone groups is 1. The van der Waals surface area contributed by atoms with Gasteiger partial charge in [0.1, 0.15) is 0 Å². The summed E-state index contributed by atoms with van der Waals surface area (Å²) >= 11 is 0. The van der Waals surface area contributed by atoms with E-state index in [-0.39, 0.29) is 0 Å². The van der Waals surface area contributed by atoms with E-state index in [9.17, 15) is 4.79 Å². The number of hydrogen-bond donors (Lipinski definition) is 2. The summed E-state index contributed by atoms with van der Waals surface area (Å²) in [6, 6.07) is 9.40. The molecule has 0 fully saturated rings. The summed E-state index contributed by atoms with van der Waals surface area (Å²) in [7, 11) is 0. The van der Waals surface area contributed by atoms with Crippen molar-refractivity contribution in [3.05, 3.63) is 35.9 Å². The third kappa shape index (κ3) is 4.59. The first kappa shape index (κ1) is 12.2. The normalized spacial score (nSPS) is 11.2. The van der Waals surface area contributed by atoms with E-state index in [1.54, 1.807) is 0 Å². The highest BCUT2D eigenvalue weighted by molar-refractivity contribution is 5.87. The minimum atomic E-state index is -0.623. The highest BCUT2D eigenvalue weighted by Crippen LogP contribution is 2.04. The highest BCUT2D eigenvalue weighted by atomic mass is 16.2. The van der Waals surface area contributed by atoms with Crippen LogP contribution in [-0.2, 0) is 6.42 Å². The lowest BCUT2D eigenvalue weighted by Crippen LogP contribution is -2.26. The molecule has 0 atom stereocenters. The summed E-state index contributed by atoms with van der Waals surface area (Å²) in [5.41, 5.74) is 9.37. The highest BCUT2D eigenvalue weighted by Gasteiger charge is 2.01. The predicted molar refractivity (Wildman–Crippen MR) is 65.2 cm³/mol. The number of rotatable bonds is 5. The molecule has 1 aromatic rings. The van der Waals surface area contributed by atoms with Gasteiger partial charge in [0.15, 0.2) is 0 Å². The van der Waals surface area contributed by atoms with Gasteiger partial charge in [0, 0.05) is 12.1 Å². The van der Waals surface area contributed by atoms with Crippen molar-refractivity contribution in [1.29, 1.82) is 0 Å². The van der Waals surface area contributed by atoms with Crippen molar-refractivity contribution in [2.24, 2.45) is 10.8 Å². The minimum absolute atomic E-state index is 0.623. The van der Waals surface area contributed by atoms with Gasteiger partial charge in [0.25, 0.3) is 0 Å². The molecule has 0 unspecified atom stereocenters. The maximum Gasteiger partial charge on any atom is 0.332 e. The zero-order chi connectivity index (χ0) is 11.8. The molecular weight excluding hydrogens is 202 g/mol. The molecule has 0 aliphatic carbocycles. The summed E-state index contributed by atoms with van der Waals surface area (Å²) in [4.78, 5) is 10.6. The molecule has 0 radical (unpaired) electrons. The molecule has 1 rings (SSSR count). The fraction of sp³-hybridized carbons (Fsp3) is 0.333. The Kier molecular flexibility index (Phi) is 5.05. The van der Waals surface area contributed by atoms with E-state index in [1.165, 1.54) is 5.56 Å². The fourth-order valence-corrected chi connectivity index (χ4v) is 1.44. The quantitative estimate of drug-likeness (QED) is 0.577. The van der Waals surface area contributed by atoms with E-state index in [4.69, 9.17) is 5.73 Å². The van der Waals surface area contributed by atoms with Gasteiger partial charge in [-0.1, -0.05) is 43.7 Å². The van der Waals surface area contributed by atoms with E-state index in [0.29, 0.717) is 0 Å². The Labute approximate surface area is 95.5 Å². The average molecular weight is 219 g/mol. The van der Waals surface area contributed by atoms with Crippen LogP contribution in [0.1, 0.15) is 25.3 Å². The number of nitrogens with zero attached hydrogens (tertiary/aromatic N) is 1. The van der Waals surface area contributed by atoms with Gasteiger partial charge in [-0.05, 0) is 12.0 Å². The second-order valence-electron chi connectivity index (χ2n) is 3.57. The molecular formula is C12H17N3O. The first-order valence-corrected chi connectivity index (χ1v) is 5.37. The Hall–Kier alpha value is -1.84. The number of carbonyl (C=O) groups is 1. The predicted octanol–water partition coefficient (Wildman–Crippen LogP) is 2.05. The van der Waals surface area contributed by atoms with Crippen LogP contribution in [0, 0.1) is 0 Å². The maximum absolute atomic E-state index is 10.6. The topological polar surface area (TPSA) is 67.5 Å². The second-order valence-corrected chi connectivity index (χ2v) is 3.57. The van der Waals surface area contributed by atoms with Gasteiger partial charge in [0.05, 0.1) is 0 Å². The number of hydrogen-bond acceptors (Lipinski definition) is 2. The fourth-order valence-electron chi connectivity index (χ4n) is 1.44. The lowest BCUT2D eigenvalue weighted by Gasteiger charge is -2.05. The molecule has 0 saturated carbocycles. The maximum atomic E-state index is 10.6. The van der Waals surface area contributed by atoms with Gasteiger partial charge in [-0.15, -0.1) is 0 Å². The molecule has 86 valence electrons. The number of primary amides is 1. The molecule has 3 N–H and O–H groups in total. The van der Waals surface area contributed by atoms with Crippen LogP contribution in [0.2, 0.25) is 0 Å². The number of nitrogens with one attached hydrogen (secondary N) is 1. The van der Waals surface area contributed by atoms with Crippen LogP contribution in [0.25, 0.3) is 0 Å². The van der Waals surface area contributed by atoms with Crippen LogP contribution >= 0.6 is 0 Å². The van der Waals surface area contributed by atoms with Crippen LogP contribution in [0.4, 0.5) is 4.79 Å². The molecule has 4 nitrogen and oxygen atoms in total. The molecule has 1 aromatic carbocycles. The number of nitrogens with two attached hydrogens (primary N) is 1. The SMILES string of the molecule is CCC/C(Cc1ccccc1)=N/NC(N)=O. The van der Waals surface area contributed by atoms with Crippen molar-refractivity contribution in [3.63, 3.8) is 0 Å². The number of carbonyl (C=O) groups excluding carboxylic acids is 1. The molecule has 0 spiro atoms. The van der Waals surface area contributed by atoms with E-state index >= 15 is 0 Å². The number of benzene rings is 1.